The van der Waals surface area contributed by atoms with Crippen LogP contribution in [0.5, 0.6) is 0 Å². The van der Waals surface area contributed by atoms with Crippen LogP contribution in [0.2, 0.25) is 0 Å². The molecule has 0 saturated heterocycles. The predicted octanol–water partition coefficient (Wildman–Crippen LogP) is 4.01. The molecule has 2 aromatic rings. The van der Waals surface area contributed by atoms with Crippen LogP contribution in [0, 0.1) is 6.92 Å². The molecule has 0 fully saturated rings. The van der Waals surface area contributed by atoms with Crippen molar-refractivity contribution in [3.05, 3.63) is 57.8 Å². The summed E-state index contributed by atoms with van der Waals surface area (Å²) in [5, 5.41) is 5.21. The average molecular weight is 353 g/mol. The maximum Gasteiger partial charge on any atom is 0.237 e. The molecule has 5 heteroatoms. The molecule has 0 bridgehead atoms. The molecule has 0 saturated carbocycles. The number of halogens is 1. The van der Waals surface area contributed by atoms with Gasteiger partial charge in [-0.25, -0.2) is 0 Å². The van der Waals surface area contributed by atoms with Gasteiger partial charge in [0.1, 0.15) is 0 Å². The molecule has 2 rings (SSSR count). The van der Waals surface area contributed by atoms with Crippen LogP contribution in [-0.2, 0) is 11.2 Å². The van der Waals surface area contributed by atoms with Crippen molar-refractivity contribution in [2.24, 2.45) is 5.73 Å². The Hall–Kier alpha value is -1.36. The van der Waals surface area contributed by atoms with Crippen molar-refractivity contribution in [1.29, 1.82) is 0 Å². The maximum atomic E-state index is 12.3. The van der Waals surface area contributed by atoms with Crippen LogP contribution in [0.1, 0.15) is 41.8 Å². The van der Waals surface area contributed by atoms with Crippen LogP contribution in [0.15, 0.2) is 41.8 Å². The minimum absolute atomic E-state index is 0. The minimum atomic E-state index is -0.427. The lowest BCUT2D eigenvalue weighted by Gasteiger charge is -2.21. The van der Waals surface area contributed by atoms with Crippen LogP contribution < -0.4 is 11.1 Å². The quantitative estimate of drug-likeness (QED) is 0.791. The number of hydrogen-bond donors (Lipinski definition) is 2. The van der Waals surface area contributed by atoms with Gasteiger partial charge in [-0.3, -0.25) is 4.79 Å². The summed E-state index contributed by atoms with van der Waals surface area (Å²) >= 11 is 1.69. The lowest BCUT2D eigenvalue weighted by molar-refractivity contribution is -0.123. The highest BCUT2D eigenvalue weighted by molar-refractivity contribution is 7.10. The number of carbonyl (C=O) groups excluding carboxylic acids is 1. The van der Waals surface area contributed by atoms with Gasteiger partial charge in [0.25, 0.3) is 0 Å². The van der Waals surface area contributed by atoms with E-state index in [1.807, 2.05) is 25.1 Å². The van der Waals surface area contributed by atoms with Crippen molar-refractivity contribution in [3.8, 4) is 0 Å². The van der Waals surface area contributed by atoms with Gasteiger partial charge in [-0.1, -0.05) is 43.7 Å². The van der Waals surface area contributed by atoms with E-state index >= 15 is 0 Å². The smallest absolute Gasteiger partial charge is 0.237 e. The molecule has 126 valence electrons. The zero-order valence-electron chi connectivity index (χ0n) is 13.6. The minimum Gasteiger partial charge on any atom is -0.347 e. The van der Waals surface area contributed by atoms with Gasteiger partial charge in [-0.2, -0.15) is 0 Å². The summed E-state index contributed by atoms with van der Waals surface area (Å²) < 4.78 is 0. The first kappa shape index (κ1) is 19.7. The Morgan fingerprint density at radius 2 is 1.96 bits per heavy atom. The van der Waals surface area contributed by atoms with E-state index in [4.69, 9.17) is 5.73 Å². The highest BCUT2D eigenvalue weighted by Crippen LogP contribution is 2.27. The van der Waals surface area contributed by atoms with Crippen molar-refractivity contribution in [2.45, 2.75) is 45.2 Å². The molecule has 0 spiro atoms. The van der Waals surface area contributed by atoms with Crippen LogP contribution in [-0.4, -0.2) is 11.9 Å². The third kappa shape index (κ3) is 5.65. The fraction of sp³-hybridized carbons (Fsp3) is 0.389. The Morgan fingerprint density at radius 3 is 2.52 bits per heavy atom. The van der Waals surface area contributed by atoms with E-state index in [0.717, 1.165) is 12.8 Å². The van der Waals surface area contributed by atoms with Gasteiger partial charge in [0, 0.05) is 4.88 Å². The normalized spacial score (nSPS) is 13.0. The number of hydrogen-bond acceptors (Lipinski definition) is 3. The van der Waals surface area contributed by atoms with Crippen LogP contribution in [0.25, 0.3) is 0 Å². The number of nitrogens with two attached hydrogens (primary N) is 1. The fourth-order valence-corrected chi connectivity index (χ4v) is 3.50. The second-order valence-electron chi connectivity index (χ2n) is 5.61. The monoisotopic (exact) mass is 352 g/mol. The zero-order chi connectivity index (χ0) is 15.9. The average Bonchev–Trinajstić information content (AvgIpc) is 2.94. The van der Waals surface area contributed by atoms with Crippen molar-refractivity contribution >= 4 is 29.7 Å². The van der Waals surface area contributed by atoms with E-state index in [0.29, 0.717) is 6.42 Å². The first-order chi connectivity index (χ1) is 10.6. The van der Waals surface area contributed by atoms with Gasteiger partial charge in [-0.05, 0) is 42.3 Å². The third-order valence-corrected chi connectivity index (χ3v) is 4.89. The largest absolute Gasteiger partial charge is 0.347 e. The van der Waals surface area contributed by atoms with Gasteiger partial charge in [0.15, 0.2) is 0 Å². The van der Waals surface area contributed by atoms with E-state index in [2.05, 4.69) is 35.8 Å². The summed E-state index contributed by atoms with van der Waals surface area (Å²) in [4.78, 5) is 13.5. The number of rotatable bonds is 7. The van der Waals surface area contributed by atoms with Crippen molar-refractivity contribution < 1.29 is 4.79 Å². The highest BCUT2D eigenvalue weighted by Gasteiger charge is 2.21. The van der Waals surface area contributed by atoms with Gasteiger partial charge in [0.05, 0.1) is 12.1 Å². The van der Waals surface area contributed by atoms with E-state index in [1.54, 1.807) is 11.3 Å². The Labute approximate surface area is 148 Å². The molecular weight excluding hydrogens is 328 g/mol. The van der Waals surface area contributed by atoms with Gasteiger partial charge in [-0.15, -0.1) is 23.7 Å². The molecule has 1 amide bonds. The number of benzene rings is 1. The van der Waals surface area contributed by atoms with E-state index in [1.165, 1.54) is 16.0 Å². The molecule has 0 aliphatic carbocycles. The summed E-state index contributed by atoms with van der Waals surface area (Å²) in [6.45, 7) is 4.12. The second-order valence-corrected chi connectivity index (χ2v) is 6.56. The fourth-order valence-electron chi connectivity index (χ4n) is 2.52. The highest BCUT2D eigenvalue weighted by atomic mass is 35.5. The van der Waals surface area contributed by atoms with Crippen molar-refractivity contribution in [3.63, 3.8) is 0 Å². The molecule has 3 nitrogen and oxygen atoms in total. The lowest BCUT2D eigenvalue weighted by atomic mass is 10.0. The zero-order valence-corrected chi connectivity index (χ0v) is 15.3. The number of nitrogens with one attached hydrogen (secondary N) is 1. The molecule has 0 aliphatic heterocycles. The molecule has 23 heavy (non-hydrogen) atoms. The number of carbonyl (C=O) groups is 1. The Morgan fingerprint density at radius 1 is 1.26 bits per heavy atom. The van der Waals surface area contributed by atoms with Gasteiger partial charge < -0.3 is 11.1 Å². The maximum absolute atomic E-state index is 12.3. The van der Waals surface area contributed by atoms with Gasteiger partial charge in [0.2, 0.25) is 5.91 Å². The summed E-state index contributed by atoms with van der Waals surface area (Å²) in [6, 6.07) is 11.9. The molecular formula is C18H25ClN2OS. The van der Waals surface area contributed by atoms with E-state index < -0.39 is 6.04 Å². The standard InChI is InChI=1S/C18H24N2OS.ClH/c1-3-7-15(19)18(21)20-16(17-13(2)10-11-22-17)12-14-8-5-4-6-9-14;/h4-6,8-11,15-16H,3,7,12,19H2,1-2H3,(H,20,21);1H. The van der Waals surface area contributed by atoms with Gasteiger partial charge >= 0.3 is 0 Å². The summed E-state index contributed by atoms with van der Waals surface area (Å²) in [6.07, 6.45) is 2.41. The van der Waals surface area contributed by atoms with Crippen LogP contribution >= 0.6 is 23.7 Å². The first-order valence-electron chi connectivity index (χ1n) is 7.75. The molecule has 1 aromatic carbocycles. The van der Waals surface area contributed by atoms with E-state index in [9.17, 15) is 4.79 Å². The Balaban J connectivity index is 0.00000264. The molecule has 0 aliphatic rings. The van der Waals surface area contributed by atoms with Crippen LogP contribution in [0.3, 0.4) is 0 Å². The topological polar surface area (TPSA) is 55.1 Å². The second kappa shape index (κ2) is 9.71. The molecule has 1 heterocycles. The molecule has 3 N–H and O–H groups in total. The van der Waals surface area contributed by atoms with Crippen molar-refractivity contribution in [2.75, 3.05) is 0 Å². The third-order valence-electron chi connectivity index (χ3n) is 3.75. The molecule has 0 radical (unpaired) electrons. The predicted molar refractivity (Wildman–Crippen MR) is 100 cm³/mol. The van der Waals surface area contributed by atoms with Crippen molar-refractivity contribution in [1.82, 2.24) is 5.32 Å². The van der Waals surface area contributed by atoms with Crippen LogP contribution in [0.4, 0.5) is 0 Å². The summed E-state index contributed by atoms with van der Waals surface area (Å²) in [7, 11) is 0. The molecule has 1 aromatic heterocycles. The number of aryl methyl sites for hydroxylation is 1. The molecule has 2 unspecified atom stereocenters. The number of thiophene rings is 1. The first-order valence-corrected chi connectivity index (χ1v) is 8.63. The Kier molecular flexibility index (Phi) is 8.31. The summed E-state index contributed by atoms with van der Waals surface area (Å²) in [5.41, 5.74) is 8.38. The summed E-state index contributed by atoms with van der Waals surface area (Å²) in [5.74, 6) is -0.0596. The molecule has 2 atom stereocenters. The Bertz CT molecular complexity index is 600. The SMILES string of the molecule is CCCC(N)C(=O)NC(Cc1ccccc1)c1sccc1C.Cl. The van der Waals surface area contributed by atoms with E-state index in [-0.39, 0.29) is 24.4 Å². The number of amides is 1. The lowest BCUT2D eigenvalue weighted by Crippen LogP contribution is -2.42.